The van der Waals surface area contributed by atoms with E-state index in [1.165, 1.54) is 5.56 Å². The first-order valence-electron chi connectivity index (χ1n) is 10.0. The van der Waals surface area contributed by atoms with Gasteiger partial charge >= 0.3 is 0 Å². The second-order valence-corrected chi connectivity index (χ2v) is 7.16. The van der Waals surface area contributed by atoms with E-state index < -0.39 is 0 Å². The second kappa shape index (κ2) is 11.8. The van der Waals surface area contributed by atoms with E-state index in [9.17, 15) is 4.79 Å². The van der Waals surface area contributed by atoms with Gasteiger partial charge in [-0.25, -0.2) is 0 Å². The van der Waals surface area contributed by atoms with Crippen LogP contribution in [-0.2, 0) is 6.42 Å². The minimum Gasteiger partial charge on any atom is -0.497 e. The molecule has 0 aromatic heterocycles. The summed E-state index contributed by atoms with van der Waals surface area (Å²) in [5.74, 6) is 1.52. The number of amides is 1. The van der Waals surface area contributed by atoms with Gasteiger partial charge in [-0.2, -0.15) is 0 Å². The molecular weight excluding hydrogens is 378 g/mol. The number of hydrogen-bond acceptors (Lipinski definition) is 4. The number of benzene rings is 2. The Bertz CT molecular complexity index is 834. The molecule has 1 atom stereocenters. The maximum atomic E-state index is 11.8. The van der Waals surface area contributed by atoms with Crippen molar-refractivity contribution in [1.29, 1.82) is 0 Å². The summed E-state index contributed by atoms with van der Waals surface area (Å²) < 4.78 is 5.25. The van der Waals surface area contributed by atoms with E-state index in [1.54, 1.807) is 21.2 Å². The van der Waals surface area contributed by atoms with Gasteiger partial charge in [-0.3, -0.25) is 9.79 Å². The number of likely N-dealkylation sites (N-methyl/N-ethyl adjacent to an activating group) is 1. The Kier molecular flexibility index (Phi) is 9.15. The van der Waals surface area contributed by atoms with Crippen LogP contribution in [0.15, 0.2) is 53.5 Å². The van der Waals surface area contributed by atoms with Gasteiger partial charge in [0, 0.05) is 32.7 Å². The molecule has 0 radical (unpaired) electrons. The molecule has 7 nitrogen and oxygen atoms in total. The summed E-state index contributed by atoms with van der Waals surface area (Å²) in [6.07, 6.45) is 0.793. The molecule has 0 aliphatic carbocycles. The maximum Gasteiger partial charge on any atom is 0.251 e. The highest BCUT2D eigenvalue weighted by Gasteiger charge is 2.15. The highest BCUT2D eigenvalue weighted by atomic mass is 16.5. The van der Waals surface area contributed by atoms with Crippen LogP contribution < -0.4 is 20.7 Å². The molecule has 2 rings (SSSR count). The van der Waals surface area contributed by atoms with Crippen molar-refractivity contribution in [1.82, 2.24) is 20.9 Å². The number of carbonyl (C=O) groups excluding carboxylic acids is 1. The number of aliphatic imine (C=N–C) groups is 1. The number of hydrogen-bond donors (Lipinski definition) is 3. The van der Waals surface area contributed by atoms with Crippen molar-refractivity contribution in [3.63, 3.8) is 0 Å². The zero-order chi connectivity index (χ0) is 21.9. The van der Waals surface area contributed by atoms with Crippen LogP contribution in [0.4, 0.5) is 0 Å². The smallest absolute Gasteiger partial charge is 0.251 e. The summed E-state index contributed by atoms with van der Waals surface area (Å²) in [4.78, 5) is 18.3. The summed E-state index contributed by atoms with van der Waals surface area (Å²) in [5, 5.41) is 9.40. The Morgan fingerprint density at radius 1 is 1.13 bits per heavy atom. The van der Waals surface area contributed by atoms with Gasteiger partial charge < -0.3 is 25.6 Å². The number of carbonyl (C=O) groups is 1. The molecule has 0 saturated carbocycles. The van der Waals surface area contributed by atoms with Crippen LogP contribution in [0.3, 0.4) is 0 Å². The van der Waals surface area contributed by atoms with Crippen molar-refractivity contribution in [2.45, 2.75) is 12.5 Å². The topological polar surface area (TPSA) is 78.0 Å². The Labute approximate surface area is 179 Å². The normalized spacial score (nSPS) is 12.4. The lowest BCUT2D eigenvalue weighted by Crippen LogP contribution is -2.42. The third kappa shape index (κ3) is 6.77. The first-order chi connectivity index (χ1) is 14.5. The summed E-state index contributed by atoms with van der Waals surface area (Å²) >= 11 is 0. The molecule has 1 amide bonds. The third-order valence-electron chi connectivity index (χ3n) is 4.93. The zero-order valence-corrected chi connectivity index (χ0v) is 18.5. The van der Waals surface area contributed by atoms with Crippen LogP contribution in [0, 0.1) is 0 Å². The number of nitrogens with zero attached hydrogens (tertiary/aromatic N) is 2. The van der Waals surface area contributed by atoms with Crippen molar-refractivity contribution in [3.8, 4) is 5.75 Å². The number of ether oxygens (including phenoxy) is 1. The van der Waals surface area contributed by atoms with Gasteiger partial charge in [-0.1, -0.05) is 24.3 Å². The van der Waals surface area contributed by atoms with Gasteiger partial charge in [-0.15, -0.1) is 0 Å². The SMILES string of the molecule is CN=C(NCCc1cccc(C(=O)NC)c1)NCC(c1ccc(OC)cc1)N(C)C. The maximum absolute atomic E-state index is 11.8. The lowest BCUT2D eigenvalue weighted by Gasteiger charge is -2.26. The van der Waals surface area contributed by atoms with E-state index in [4.69, 9.17) is 4.74 Å². The molecule has 1 unspecified atom stereocenters. The Hall–Kier alpha value is -3.06. The number of guanidine groups is 1. The Morgan fingerprint density at radius 3 is 2.47 bits per heavy atom. The minimum absolute atomic E-state index is 0.0736. The quantitative estimate of drug-likeness (QED) is 0.435. The van der Waals surface area contributed by atoms with E-state index in [2.05, 4.69) is 52.1 Å². The number of methoxy groups -OCH3 is 1. The second-order valence-electron chi connectivity index (χ2n) is 7.16. The fourth-order valence-electron chi connectivity index (χ4n) is 3.18. The van der Waals surface area contributed by atoms with E-state index in [1.807, 2.05) is 36.4 Å². The van der Waals surface area contributed by atoms with E-state index >= 15 is 0 Å². The fraction of sp³-hybridized carbons (Fsp3) is 0.391. The van der Waals surface area contributed by atoms with Gasteiger partial charge in [0.2, 0.25) is 0 Å². The zero-order valence-electron chi connectivity index (χ0n) is 18.5. The summed E-state index contributed by atoms with van der Waals surface area (Å²) in [5.41, 5.74) is 2.98. The van der Waals surface area contributed by atoms with Crippen molar-refractivity contribution in [3.05, 3.63) is 65.2 Å². The molecule has 0 heterocycles. The van der Waals surface area contributed by atoms with Gasteiger partial charge in [0.15, 0.2) is 5.96 Å². The van der Waals surface area contributed by atoms with Crippen LogP contribution in [-0.4, -0.2) is 65.2 Å². The molecule has 0 aliphatic rings. The lowest BCUT2D eigenvalue weighted by atomic mass is 10.1. The summed E-state index contributed by atoms with van der Waals surface area (Å²) in [6, 6.07) is 16.0. The van der Waals surface area contributed by atoms with E-state index in [0.717, 1.165) is 23.7 Å². The highest BCUT2D eigenvalue weighted by Crippen LogP contribution is 2.20. The van der Waals surface area contributed by atoms with Gasteiger partial charge in [-0.05, 0) is 55.9 Å². The number of rotatable bonds is 9. The Morgan fingerprint density at radius 2 is 1.87 bits per heavy atom. The van der Waals surface area contributed by atoms with Gasteiger partial charge in [0.25, 0.3) is 5.91 Å². The molecule has 162 valence electrons. The standard InChI is InChI=1S/C23H33N5O2/c1-24-22(29)19-8-6-7-17(15-19)13-14-26-23(25-2)27-16-21(28(3)4)18-9-11-20(30-5)12-10-18/h6-12,15,21H,13-14,16H2,1-5H3,(H,24,29)(H2,25,26,27). The average Bonchev–Trinajstić information content (AvgIpc) is 2.77. The molecule has 0 spiro atoms. The van der Waals surface area contributed by atoms with Crippen molar-refractivity contribution in [2.75, 3.05) is 48.4 Å². The molecular formula is C23H33N5O2. The van der Waals surface area contributed by atoms with E-state index in [-0.39, 0.29) is 11.9 Å². The van der Waals surface area contributed by atoms with Gasteiger partial charge in [0.05, 0.1) is 13.2 Å². The molecule has 3 N–H and O–H groups in total. The molecule has 2 aromatic carbocycles. The molecule has 7 heteroatoms. The average molecular weight is 412 g/mol. The van der Waals surface area contributed by atoms with Crippen LogP contribution in [0.1, 0.15) is 27.5 Å². The summed E-state index contributed by atoms with van der Waals surface area (Å²) in [7, 11) is 9.20. The predicted molar refractivity (Wildman–Crippen MR) is 122 cm³/mol. The highest BCUT2D eigenvalue weighted by molar-refractivity contribution is 5.94. The van der Waals surface area contributed by atoms with Crippen LogP contribution in [0.5, 0.6) is 5.75 Å². The third-order valence-corrected chi connectivity index (χ3v) is 4.93. The largest absolute Gasteiger partial charge is 0.497 e. The number of nitrogens with one attached hydrogen (secondary N) is 3. The van der Waals surface area contributed by atoms with E-state index in [0.29, 0.717) is 18.7 Å². The fourth-order valence-corrected chi connectivity index (χ4v) is 3.18. The molecule has 0 fully saturated rings. The van der Waals surface area contributed by atoms with Crippen molar-refractivity contribution >= 4 is 11.9 Å². The molecule has 0 bridgehead atoms. The Balaban J connectivity index is 1.89. The van der Waals surface area contributed by atoms with Gasteiger partial charge in [0.1, 0.15) is 5.75 Å². The van der Waals surface area contributed by atoms with Crippen molar-refractivity contribution < 1.29 is 9.53 Å². The molecule has 2 aromatic rings. The predicted octanol–water partition coefficient (Wildman–Crippen LogP) is 2.07. The molecule has 0 aliphatic heterocycles. The first-order valence-corrected chi connectivity index (χ1v) is 10.0. The van der Waals surface area contributed by atoms with Crippen LogP contribution in [0.2, 0.25) is 0 Å². The lowest BCUT2D eigenvalue weighted by molar-refractivity contribution is 0.0963. The monoisotopic (exact) mass is 411 g/mol. The minimum atomic E-state index is -0.0736. The van der Waals surface area contributed by atoms with Crippen molar-refractivity contribution in [2.24, 2.45) is 4.99 Å². The first kappa shape index (κ1) is 23.2. The van der Waals surface area contributed by atoms with Crippen LogP contribution >= 0.6 is 0 Å². The molecule has 0 saturated heterocycles. The molecule has 30 heavy (non-hydrogen) atoms. The van der Waals surface area contributed by atoms with Crippen LogP contribution in [0.25, 0.3) is 0 Å². The summed E-state index contributed by atoms with van der Waals surface area (Å²) in [6.45, 7) is 1.43.